The number of Topliss-reactive ketones (excluding diaryl/α,β-unsaturated/α-hetero) is 1. The van der Waals surface area contributed by atoms with Crippen molar-refractivity contribution in [1.29, 1.82) is 0 Å². The second-order valence-corrected chi connectivity index (χ2v) is 10.6. The Morgan fingerprint density at radius 2 is 1.32 bits per heavy atom. The van der Waals surface area contributed by atoms with Gasteiger partial charge in [-0.1, -0.05) is 97.1 Å². The summed E-state index contributed by atoms with van der Waals surface area (Å²) in [5, 5.41) is 5.14. The van der Waals surface area contributed by atoms with Crippen LogP contribution in [0.3, 0.4) is 0 Å². The number of hydrogen-bond acceptors (Lipinski definition) is 7. The second kappa shape index (κ2) is 18.2. The van der Waals surface area contributed by atoms with Crippen molar-refractivity contribution in [2.75, 3.05) is 19.6 Å². The molecule has 4 aromatic rings. The molecule has 0 aliphatic rings. The summed E-state index contributed by atoms with van der Waals surface area (Å²) in [5.74, 6) is -2.25. The van der Waals surface area contributed by atoms with Crippen LogP contribution >= 0.6 is 0 Å². The highest BCUT2D eigenvalue weighted by molar-refractivity contribution is 6.37. The number of pyridine rings is 1. The van der Waals surface area contributed by atoms with Gasteiger partial charge < -0.3 is 20.3 Å². The summed E-state index contributed by atoms with van der Waals surface area (Å²) in [5.41, 5.74) is 2.99. The number of imide groups is 1. The number of carbonyl (C=O) groups is 5. The van der Waals surface area contributed by atoms with Crippen LogP contribution in [-0.4, -0.2) is 64.1 Å². The van der Waals surface area contributed by atoms with Crippen molar-refractivity contribution in [2.45, 2.75) is 32.5 Å². The van der Waals surface area contributed by atoms with Crippen LogP contribution < -0.4 is 10.6 Å². The van der Waals surface area contributed by atoms with E-state index in [9.17, 15) is 24.0 Å². The minimum atomic E-state index is -0.843. The molecule has 47 heavy (non-hydrogen) atoms. The SMILES string of the molecule is O=C(NCCC(=O)N(CCc1ccccn1)C(=O)N(CC(=O)C(=O)NCc1ccccc1)Cc1ccccc1)OCc1ccccc1. The molecule has 0 radical (unpaired) electrons. The van der Waals surface area contributed by atoms with E-state index in [0.717, 1.165) is 16.0 Å². The molecular formula is C36H37N5O6. The lowest BCUT2D eigenvalue weighted by Crippen LogP contribution is -2.50. The quantitative estimate of drug-likeness (QED) is 0.186. The van der Waals surface area contributed by atoms with Gasteiger partial charge >= 0.3 is 12.1 Å². The molecule has 11 heteroatoms. The molecular weight excluding hydrogens is 598 g/mol. The fourth-order valence-corrected chi connectivity index (χ4v) is 4.57. The average Bonchev–Trinajstić information content (AvgIpc) is 3.11. The molecule has 5 amide bonds. The molecule has 0 aliphatic heterocycles. The maximum atomic E-state index is 14.0. The number of ether oxygens (including phenoxy) is 1. The van der Waals surface area contributed by atoms with E-state index in [1.165, 1.54) is 4.90 Å². The van der Waals surface area contributed by atoms with Gasteiger partial charge in [-0.3, -0.25) is 24.3 Å². The zero-order valence-corrected chi connectivity index (χ0v) is 25.9. The third-order valence-corrected chi connectivity index (χ3v) is 7.04. The molecule has 0 saturated heterocycles. The summed E-state index contributed by atoms with van der Waals surface area (Å²) in [4.78, 5) is 72.1. The van der Waals surface area contributed by atoms with Crippen molar-refractivity contribution in [3.8, 4) is 0 Å². The zero-order chi connectivity index (χ0) is 33.3. The Labute approximate surface area is 273 Å². The largest absolute Gasteiger partial charge is 0.445 e. The molecule has 1 aromatic heterocycles. The first-order chi connectivity index (χ1) is 22.9. The number of aromatic nitrogens is 1. The standard InChI is InChI=1S/C36H37N5O6/c42-32(34(44)39-24-28-12-4-1-5-13-28)26-40(25-29-14-6-2-7-15-29)36(46)41(23-20-31-18-10-11-21-37-31)33(43)19-22-38-35(45)47-27-30-16-8-3-9-17-30/h1-18,21H,19-20,22-27H2,(H,38,45)(H,39,44). The number of amides is 5. The Balaban J connectivity index is 1.44. The minimum Gasteiger partial charge on any atom is -0.445 e. The summed E-state index contributed by atoms with van der Waals surface area (Å²) < 4.78 is 5.21. The molecule has 0 aliphatic carbocycles. The van der Waals surface area contributed by atoms with Crippen molar-refractivity contribution in [2.24, 2.45) is 0 Å². The lowest BCUT2D eigenvalue weighted by molar-refractivity contribution is -0.138. The number of hydrogen-bond donors (Lipinski definition) is 2. The maximum absolute atomic E-state index is 14.0. The molecule has 0 bridgehead atoms. The molecule has 0 spiro atoms. The average molecular weight is 636 g/mol. The van der Waals surface area contributed by atoms with E-state index >= 15 is 0 Å². The predicted octanol–water partition coefficient (Wildman–Crippen LogP) is 4.28. The van der Waals surface area contributed by atoms with Gasteiger partial charge in [-0.15, -0.1) is 0 Å². The molecule has 11 nitrogen and oxygen atoms in total. The van der Waals surface area contributed by atoms with Crippen molar-refractivity contribution in [1.82, 2.24) is 25.4 Å². The third kappa shape index (κ3) is 11.5. The van der Waals surface area contributed by atoms with Crippen LogP contribution in [0.25, 0.3) is 0 Å². The number of carbonyl (C=O) groups excluding carboxylic acids is 5. The first-order valence-electron chi connectivity index (χ1n) is 15.2. The first-order valence-corrected chi connectivity index (χ1v) is 15.2. The van der Waals surface area contributed by atoms with E-state index in [2.05, 4.69) is 15.6 Å². The highest BCUT2D eigenvalue weighted by Crippen LogP contribution is 2.11. The van der Waals surface area contributed by atoms with Crippen LogP contribution in [0.4, 0.5) is 9.59 Å². The highest BCUT2D eigenvalue weighted by atomic mass is 16.5. The number of rotatable bonds is 15. The molecule has 2 N–H and O–H groups in total. The van der Waals surface area contributed by atoms with Crippen LogP contribution in [0.5, 0.6) is 0 Å². The van der Waals surface area contributed by atoms with Gasteiger partial charge in [-0.25, -0.2) is 9.59 Å². The third-order valence-electron chi connectivity index (χ3n) is 7.04. The van der Waals surface area contributed by atoms with Gasteiger partial charge in [0.15, 0.2) is 0 Å². The van der Waals surface area contributed by atoms with Crippen molar-refractivity contribution >= 4 is 29.7 Å². The molecule has 0 saturated carbocycles. The lowest BCUT2D eigenvalue weighted by atomic mass is 10.2. The number of ketones is 1. The number of alkyl carbamates (subject to hydrolysis) is 1. The first kappa shape index (κ1) is 34.0. The van der Waals surface area contributed by atoms with Crippen LogP contribution in [0.2, 0.25) is 0 Å². The van der Waals surface area contributed by atoms with Gasteiger partial charge in [-0.2, -0.15) is 0 Å². The lowest BCUT2D eigenvalue weighted by Gasteiger charge is -2.29. The molecule has 3 aromatic carbocycles. The van der Waals surface area contributed by atoms with E-state index in [4.69, 9.17) is 4.74 Å². The van der Waals surface area contributed by atoms with Gasteiger partial charge in [0, 0.05) is 50.9 Å². The summed E-state index contributed by atoms with van der Waals surface area (Å²) in [6, 6.07) is 31.8. The zero-order valence-electron chi connectivity index (χ0n) is 25.9. The van der Waals surface area contributed by atoms with E-state index < -0.39 is 36.3 Å². The van der Waals surface area contributed by atoms with Crippen LogP contribution in [0.1, 0.15) is 28.8 Å². The summed E-state index contributed by atoms with van der Waals surface area (Å²) in [6.45, 7) is -0.475. The van der Waals surface area contributed by atoms with Crippen LogP contribution in [-0.2, 0) is 45.2 Å². The number of nitrogens with one attached hydrogen (secondary N) is 2. The van der Waals surface area contributed by atoms with Crippen LogP contribution in [0, 0.1) is 0 Å². The van der Waals surface area contributed by atoms with Crippen LogP contribution in [0.15, 0.2) is 115 Å². The van der Waals surface area contributed by atoms with Crippen molar-refractivity contribution < 1.29 is 28.7 Å². The molecule has 242 valence electrons. The monoisotopic (exact) mass is 635 g/mol. The Hall–Kier alpha value is -5.84. The predicted molar refractivity (Wildman–Crippen MR) is 174 cm³/mol. The summed E-state index contributed by atoms with van der Waals surface area (Å²) >= 11 is 0. The Bertz CT molecular complexity index is 1600. The Kier molecular flexibility index (Phi) is 13.2. The van der Waals surface area contributed by atoms with E-state index in [1.807, 2.05) is 66.7 Å². The topological polar surface area (TPSA) is 138 Å². The Morgan fingerprint density at radius 3 is 1.96 bits per heavy atom. The minimum absolute atomic E-state index is 0.0190. The van der Waals surface area contributed by atoms with Gasteiger partial charge in [0.25, 0.3) is 5.91 Å². The Morgan fingerprint density at radius 1 is 0.702 bits per heavy atom. The fraction of sp³-hybridized carbons (Fsp3) is 0.222. The van der Waals surface area contributed by atoms with E-state index in [-0.39, 0.29) is 45.6 Å². The number of nitrogens with zero attached hydrogens (tertiary/aromatic N) is 3. The maximum Gasteiger partial charge on any atom is 0.407 e. The van der Waals surface area contributed by atoms with E-state index in [0.29, 0.717) is 11.3 Å². The second-order valence-electron chi connectivity index (χ2n) is 10.6. The molecule has 0 atom stereocenters. The summed E-state index contributed by atoms with van der Waals surface area (Å²) in [7, 11) is 0. The number of urea groups is 1. The number of benzene rings is 3. The smallest absolute Gasteiger partial charge is 0.407 e. The highest BCUT2D eigenvalue weighted by Gasteiger charge is 2.29. The molecule has 0 unspecified atom stereocenters. The molecule has 4 rings (SSSR count). The fourth-order valence-electron chi connectivity index (χ4n) is 4.57. The summed E-state index contributed by atoms with van der Waals surface area (Å²) in [6.07, 6.45) is 0.961. The van der Waals surface area contributed by atoms with Gasteiger partial charge in [0.2, 0.25) is 11.7 Å². The normalized spacial score (nSPS) is 10.4. The molecule has 1 heterocycles. The van der Waals surface area contributed by atoms with Gasteiger partial charge in [0.1, 0.15) is 6.61 Å². The van der Waals surface area contributed by atoms with Crippen molar-refractivity contribution in [3.63, 3.8) is 0 Å². The van der Waals surface area contributed by atoms with Crippen molar-refractivity contribution in [3.05, 3.63) is 138 Å². The van der Waals surface area contributed by atoms with E-state index in [1.54, 1.807) is 48.7 Å². The van der Waals surface area contributed by atoms with Gasteiger partial charge in [0.05, 0.1) is 6.54 Å². The molecule has 0 fully saturated rings. The van der Waals surface area contributed by atoms with Gasteiger partial charge in [-0.05, 0) is 28.8 Å².